The van der Waals surface area contributed by atoms with Gasteiger partial charge in [0.05, 0.1) is 17.8 Å². The molecular weight excluding hydrogens is 375 g/mol. The third kappa shape index (κ3) is 4.26. The van der Waals surface area contributed by atoms with Crippen molar-refractivity contribution >= 4 is 5.91 Å². The summed E-state index contributed by atoms with van der Waals surface area (Å²) in [5.74, 6) is 0.245. The number of amides is 1. The van der Waals surface area contributed by atoms with Gasteiger partial charge >= 0.3 is 0 Å². The maximum atomic E-state index is 13.3. The van der Waals surface area contributed by atoms with Gasteiger partial charge in [-0.05, 0) is 37.5 Å². The van der Waals surface area contributed by atoms with Crippen LogP contribution in [0.3, 0.4) is 0 Å². The second kappa shape index (κ2) is 7.98. The van der Waals surface area contributed by atoms with Gasteiger partial charge in [0.15, 0.2) is 5.76 Å². The van der Waals surface area contributed by atoms with E-state index in [1.54, 1.807) is 23.1 Å². The van der Waals surface area contributed by atoms with Gasteiger partial charge in [-0.1, -0.05) is 17.3 Å². The van der Waals surface area contributed by atoms with Crippen LogP contribution in [0.25, 0.3) is 11.3 Å². The molecule has 0 radical (unpaired) electrons. The van der Waals surface area contributed by atoms with Crippen LogP contribution in [0.4, 0.5) is 4.39 Å². The first kappa shape index (κ1) is 19.0. The molecule has 1 amide bonds. The number of nitrogens with zero attached hydrogens (tertiary/aromatic N) is 3. The molecule has 1 aromatic carbocycles. The zero-order chi connectivity index (χ0) is 20.4. The molecule has 29 heavy (non-hydrogen) atoms. The van der Waals surface area contributed by atoms with E-state index in [0.717, 1.165) is 11.4 Å². The predicted molar refractivity (Wildman–Crippen MR) is 104 cm³/mol. The van der Waals surface area contributed by atoms with E-state index < -0.39 is 0 Å². The Kier molecular flexibility index (Phi) is 5.24. The van der Waals surface area contributed by atoms with Crippen molar-refractivity contribution in [2.45, 2.75) is 32.1 Å². The lowest BCUT2D eigenvalue weighted by Crippen LogP contribution is -2.39. The van der Waals surface area contributed by atoms with Crippen LogP contribution in [0, 0.1) is 12.7 Å². The number of nitrogens with one attached hydrogen (secondary N) is 1. The lowest BCUT2D eigenvalue weighted by Gasteiger charge is -2.32. The molecule has 1 fully saturated rings. The molecule has 150 valence electrons. The van der Waals surface area contributed by atoms with Crippen LogP contribution in [-0.4, -0.2) is 39.3 Å². The standard InChI is InChI=1S/C21H21FN4O3/c1-13-9-18(29-25-13)17-12-19(27)23-24-21(17)15-5-7-26(8-6-15)20(28)11-14-3-2-4-16(22)10-14/h2-4,9-10,12,15H,5-8,11H2,1H3,(H,23,27). The smallest absolute Gasteiger partial charge is 0.264 e. The van der Waals surface area contributed by atoms with Gasteiger partial charge in [0.1, 0.15) is 5.82 Å². The first-order valence-electron chi connectivity index (χ1n) is 9.55. The summed E-state index contributed by atoms with van der Waals surface area (Å²) in [5.41, 5.74) is 2.48. The lowest BCUT2D eigenvalue weighted by atomic mass is 9.90. The number of carbonyl (C=O) groups is 1. The number of hydrogen-bond donors (Lipinski definition) is 1. The summed E-state index contributed by atoms with van der Waals surface area (Å²) in [4.78, 5) is 26.2. The average molecular weight is 396 g/mol. The first-order chi connectivity index (χ1) is 14.0. The van der Waals surface area contributed by atoms with Crippen molar-refractivity contribution < 1.29 is 13.7 Å². The van der Waals surface area contributed by atoms with E-state index in [-0.39, 0.29) is 29.6 Å². The van der Waals surface area contributed by atoms with Gasteiger partial charge in [-0.2, -0.15) is 5.10 Å². The average Bonchev–Trinajstić information content (AvgIpc) is 3.14. The Hall–Kier alpha value is -3.29. The van der Waals surface area contributed by atoms with Crippen molar-refractivity contribution in [2.75, 3.05) is 13.1 Å². The maximum absolute atomic E-state index is 13.3. The van der Waals surface area contributed by atoms with E-state index in [0.29, 0.717) is 42.8 Å². The van der Waals surface area contributed by atoms with Crippen molar-refractivity contribution in [2.24, 2.45) is 0 Å². The van der Waals surface area contributed by atoms with Crippen LogP contribution in [0.1, 0.15) is 35.7 Å². The van der Waals surface area contributed by atoms with E-state index >= 15 is 0 Å². The van der Waals surface area contributed by atoms with Gasteiger partial charge in [0.25, 0.3) is 5.56 Å². The molecule has 2 aromatic heterocycles. The minimum atomic E-state index is -0.340. The van der Waals surface area contributed by atoms with E-state index in [2.05, 4.69) is 15.4 Å². The molecule has 1 aliphatic heterocycles. The van der Waals surface area contributed by atoms with Gasteiger partial charge in [0, 0.05) is 36.7 Å². The third-order valence-corrected chi connectivity index (χ3v) is 5.21. The zero-order valence-electron chi connectivity index (χ0n) is 16.0. The third-order valence-electron chi connectivity index (χ3n) is 5.21. The Bertz CT molecular complexity index is 1080. The quantitative estimate of drug-likeness (QED) is 0.732. The molecule has 0 atom stereocenters. The molecule has 4 rings (SSSR count). The number of aryl methyl sites for hydroxylation is 1. The number of hydrogen-bond acceptors (Lipinski definition) is 5. The zero-order valence-corrected chi connectivity index (χ0v) is 16.0. The van der Waals surface area contributed by atoms with Crippen molar-refractivity contribution in [3.8, 4) is 11.3 Å². The van der Waals surface area contributed by atoms with Gasteiger partial charge < -0.3 is 9.42 Å². The molecule has 0 spiro atoms. The van der Waals surface area contributed by atoms with Gasteiger partial charge in [-0.25, -0.2) is 9.49 Å². The molecule has 0 unspecified atom stereocenters. The molecule has 3 aromatic rings. The summed E-state index contributed by atoms with van der Waals surface area (Å²) < 4.78 is 18.7. The SMILES string of the molecule is Cc1cc(-c2cc(=O)[nH]nc2C2CCN(C(=O)Cc3cccc(F)c3)CC2)on1. The van der Waals surface area contributed by atoms with Crippen molar-refractivity contribution in [3.05, 3.63) is 69.5 Å². The number of aromatic nitrogens is 3. The number of halogens is 1. The van der Waals surface area contributed by atoms with Crippen LogP contribution >= 0.6 is 0 Å². The van der Waals surface area contributed by atoms with Crippen LogP contribution < -0.4 is 5.56 Å². The largest absolute Gasteiger partial charge is 0.356 e. The molecule has 1 aliphatic rings. The Balaban J connectivity index is 1.46. The monoisotopic (exact) mass is 396 g/mol. The Labute approximate surface area is 166 Å². The highest BCUT2D eigenvalue weighted by Gasteiger charge is 2.28. The topological polar surface area (TPSA) is 92.1 Å². The minimum absolute atomic E-state index is 0.0189. The highest BCUT2D eigenvalue weighted by Crippen LogP contribution is 2.33. The molecule has 0 bridgehead atoms. The number of benzene rings is 1. The molecule has 8 heteroatoms. The molecule has 1 saturated heterocycles. The molecule has 7 nitrogen and oxygen atoms in total. The summed E-state index contributed by atoms with van der Waals surface area (Å²) in [6.45, 7) is 2.97. The fraction of sp³-hybridized carbons (Fsp3) is 0.333. The number of H-pyrrole nitrogens is 1. The van der Waals surface area contributed by atoms with Crippen LogP contribution in [0.15, 0.2) is 45.7 Å². The summed E-state index contributed by atoms with van der Waals surface area (Å²) in [6, 6.07) is 9.37. The molecule has 0 saturated carbocycles. The molecular formula is C21H21FN4O3. The summed E-state index contributed by atoms with van der Waals surface area (Å²) >= 11 is 0. The normalized spacial score (nSPS) is 14.9. The Morgan fingerprint density at radius 3 is 2.76 bits per heavy atom. The Morgan fingerprint density at radius 2 is 2.07 bits per heavy atom. The summed E-state index contributed by atoms with van der Waals surface area (Å²) in [7, 11) is 0. The van der Waals surface area contributed by atoms with E-state index in [1.165, 1.54) is 18.2 Å². The van der Waals surface area contributed by atoms with E-state index in [4.69, 9.17) is 4.52 Å². The second-order valence-corrected chi connectivity index (χ2v) is 7.33. The van der Waals surface area contributed by atoms with E-state index in [1.807, 2.05) is 6.92 Å². The highest BCUT2D eigenvalue weighted by atomic mass is 19.1. The van der Waals surface area contributed by atoms with Crippen LogP contribution in [-0.2, 0) is 11.2 Å². The fourth-order valence-electron chi connectivity index (χ4n) is 3.75. The fourth-order valence-corrected chi connectivity index (χ4v) is 3.75. The minimum Gasteiger partial charge on any atom is -0.356 e. The molecule has 0 aliphatic carbocycles. The number of aromatic amines is 1. The lowest BCUT2D eigenvalue weighted by molar-refractivity contribution is -0.131. The highest BCUT2D eigenvalue weighted by molar-refractivity contribution is 5.79. The van der Waals surface area contributed by atoms with Gasteiger partial charge in [-0.3, -0.25) is 9.59 Å². The number of piperidine rings is 1. The summed E-state index contributed by atoms with van der Waals surface area (Å²) in [5, 5.41) is 10.7. The Morgan fingerprint density at radius 1 is 1.28 bits per heavy atom. The number of rotatable bonds is 4. The van der Waals surface area contributed by atoms with Crippen molar-refractivity contribution in [1.29, 1.82) is 0 Å². The molecule has 3 heterocycles. The number of likely N-dealkylation sites (tertiary alicyclic amines) is 1. The van der Waals surface area contributed by atoms with Crippen LogP contribution in [0.2, 0.25) is 0 Å². The maximum Gasteiger partial charge on any atom is 0.264 e. The van der Waals surface area contributed by atoms with E-state index in [9.17, 15) is 14.0 Å². The van der Waals surface area contributed by atoms with Crippen LogP contribution in [0.5, 0.6) is 0 Å². The molecule has 1 N–H and O–H groups in total. The van der Waals surface area contributed by atoms with Gasteiger partial charge in [0.2, 0.25) is 5.91 Å². The second-order valence-electron chi connectivity index (χ2n) is 7.33. The summed E-state index contributed by atoms with van der Waals surface area (Å²) in [6.07, 6.45) is 1.62. The predicted octanol–water partition coefficient (Wildman–Crippen LogP) is 2.82. The van der Waals surface area contributed by atoms with Gasteiger partial charge in [-0.15, -0.1) is 0 Å². The first-order valence-corrected chi connectivity index (χ1v) is 9.55. The van der Waals surface area contributed by atoms with Crippen molar-refractivity contribution in [3.63, 3.8) is 0 Å². The van der Waals surface area contributed by atoms with Crippen molar-refractivity contribution in [1.82, 2.24) is 20.3 Å². The number of carbonyl (C=O) groups excluding carboxylic acids is 1.